The Morgan fingerprint density at radius 2 is 2.09 bits per heavy atom. The third-order valence-electron chi connectivity index (χ3n) is 3.06. The molecule has 0 aromatic heterocycles. The second-order valence-corrected chi connectivity index (χ2v) is 5.24. The summed E-state index contributed by atoms with van der Waals surface area (Å²) in [6.07, 6.45) is 0. The summed E-state index contributed by atoms with van der Waals surface area (Å²) in [6, 6.07) is 9.20. The number of amides is 2. The van der Waals surface area contributed by atoms with Gasteiger partial charge >= 0.3 is 6.03 Å². The molecule has 0 saturated heterocycles. The van der Waals surface area contributed by atoms with Crippen molar-refractivity contribution in [3.05, 3.63) is 69.0 Å². The van der Waals surface area contributed by atoms with Crippen molar-refractivity contribution < 1.29 is 14.1 Å². The minimum Gasteiger partial charge on any atom is -0.323 e. The smallest absolute Gasteiger partial charge is 0.321 e. The van der Waals surface area contributed by atoms with E-state index in [0.717, 1.165) is 6.07 Å². The summed E-state index contributed by atoms with van der Waals surface area (Å²) in [5, 5.41) is 13.3. The van der Waals surface area contributed by atoms with Gasteiger partial charge in [-0.1, -0.05) is 23.7 Å². The number of urea groups is 1. The highest BCUT2D eigenvalue weighted by molar-refractivity contribution is 6.33. The van der Waals surface area contributed by atoms with Crippen LogP contribution in [-0.4, -0.2) is 22.9 Å². The van der Waals surface area contributed by atoms with Crippen LogP contribution in [0.15, 0.2) is 42.5 Å². The van der Waals surface area contributed by atoms with Crippen LogP contribution in [-0.2, 0) is 6.54 Å². The Hall–Kier alpha value is -2.67. The maximum Gasteiger partial charge on any atom is 0.321 e. The number of nitro groups is 1. The van der Waals surface area contributed by atoms with Crippen molar-refractivity contribution in [2.75, 3.05) is 12.4 Å². The third-order valence-corrected chi connectivity index (χ3v) is 3.37. The van der Waals surface area contributed by atoms with Crippen molar-refractivity contribution in [3.8, 4) is 0 Å². The summed E-state index contributed by atoms with van der Waals surface area (Å²) in [5.74, 6) is -0.380. The fraction of sp³-hybridized carbons (Fsp3) is 0.133. The number of halogens is 2. The van der Waals surface area contributed by atoms with Crippen LogP contribution in [0, 0.1) is 15.9 Å². The zero-order valence-electron chi connectivity index (χ0n) is 12.1. The van der Waals surface area contributed by atoms with E-state index in [9.17, 15) is 19.3 Å². The molecule has 0 saturated carbocycles. The van der Waals surface area contributed by atoms with Crippen LogP contribution in [0.3, 0.4) is 0 Å². The van der Waals surface area contributed by atoms with Gasteiger partial charge in [-0.25, -0.2) is 9.18 Å². The number of hydrogen-bond acceptors (Lipinski definition) is 3. The van der Waals surface area contributed by atoms with Gasteiger partial charge in [0.2, 0.25) is 0 Å². The van der Waals surface area contributed by atoms with E-state index in [4.69, 9.17) is 11.6 Å². The Morgan fingerprint density at radius 3 is 2.70 bits per heavy atom. The standard InChI is InChI=1S/C15H13ClFN3O3/c1-19(9-10-3-2-4-11(17)7-10)15(21)18-14-6-5-12(20(22)23)8-13(14)16/h2-8H,9H2,1H3,(H,18,21). The lowest BCUT2D eigenvalue weighted by Gasteiger charge is -2.18. The molecule has 2 rings (SSSR count). The van der Waals surface area contributed by atoms with E-state index >= 15 is 0 Å². The Balaban J connectivity index is 2.05. The first kappa shape index (κ1) is 16.7. The van der Waals surface area contributed by atoms with E-state index < -0.39 is 11.0 Å². The number of benzene rings is 2. The molecule has 23 heavy (non-hydrogen) atoms. The maximum absolute atomic E-state index is 13.1. The average Bonchev–Trinajstić information content (AvgIpc) is 2.49. The molecule has 1 N–H and O–H groups in total. The van der Waals surface area contributed by atoms with Gasteiger partial charge in [0.05, 0.1) is 15.6 Å². The van der Waals surface area contributed by atoms with Crippen LogP contribution >= 0.6 is 11.6 Å². The number of nitrogens with one attached hydrogen (secondary N) is 1. The van der Waals surface area contributed by atoms with Gasteiger partial charge in [0.25, 0.3) is 5.69 Å². The van der Waals surface area contributed by atoms with Crippen molar-refractivity contribution in [3.63, 3.8) is 0 Å². The van der Waals surface area contributed by atoms with Crippen molar-refractivity contribution in [2.24, 2.45) is 0 Å². The lowest BCUT2D eigenvalue weighted by molar-refractivity contribution is -0.384. The summed E-state index contributed by atoms with van der Waals surface area (Å²) in [7, 11) is 1.54. The highest BCUT2D eigenvalue weighted by Gasteiger charge is 2.14. The molecular weight excluding hydrogens is 325 g/mol. The van der Waals surface area contributed by atoms with Crippen LogP contribution in [0.4, 0.5) is 20.6 Å². The highest BCUT2D eigenvalue weighted by atomic mass is 35.5. The first-order chi connectivity index (χ1) is 10.9. The van der Waals surface area contributed by atoms with Gasteiger partial charge in [0.15, 0.2) is 0 Å². The third kappa shape index (κ3) is 4.40. The van der Waals surface area contributed by atoms with Gasteiger partial charge in [-0.3, -0.25) is 10.1 Å². The number of nitrogens with zero attached hydrogens (tertiary/aromatic N) is 2. The predicted octanol–water partition coefficient (Wildman–Crippen LogP) is 4.05. The number of nitro benzene ring substituents is 1. The monoisotopic (exact) mass is 337 g/mol. The summed E-state index contributed by atoms with van der Waals surface area (Å²) >= 11 is 5.92. The van der Waals surface area contributed by atoms with Crippen LogP contribution in [0.5, 0.6) is 0 Å². The zero-order chi connectivity index (χ0) is 17.0. The summed E-state index contributed by atoms with van der Waals surface area (Å²) < 4.78 is 13.1. The summed E-state index contributed by atoms with van der Waals surface area (Å²) in [4.78, 5) is 23.5. The topological polar surface area (TPSA) is 75.5 Å². The molecule has 8 heteroatoms. The highest BCUT2D eigenvalue weighted by Crippen LogP contribution is 2.26. The first-order valence-corrected chi connectivity index (χ1v) is 6.95. The van der Waals surface area contributed by atoms with Crippen molar-refractivity contribution in [1.29, 1.82) is 0 Å². The Morgan fingerprint density at radius 1 is 1.35 bits per heavy atom. The molecule has 0 radical (unpaired) electrons. The lowest BCUT2D eigenvalue weighted by Crippen LogP contribution is -2.30. The molecule has 0 heterocycles. The van der Waals surface area contributed by atoms with Gasteiger partial charge in [-0.05, 0) is 23.8 Å². The zero-order valence-corrected chi connectivity index (χ0v) is 12.9. The minimum atomic E-state index is -0.576. The van der Waals surface area contributed by atoms with Gasteiger partial charge in [-0.15, -0.1) is 0 Å². The molecule has 6 nitrogen and oxygen atoms in total. The molecule has 2 aromatic carbocycles. The Kier molecular flexibility index (Phi) is 5.13. The molecule has 120 valence electrons. The largest absolute Gasteiger partial charge is 0.323 e. The number of non-ortho nitro benzene ring substituents is 1. The van der Waals surface area contributed by atoms with Crippen molar-refractivity contribution >= 4 is 29.0 Å². The predicted molar refractivity (Wildman–Crippen MR) is 85.0 cm³/mol. The number of anilines is 1. The number of hydrogen-bond donors (Lipinski definition) is 1. The SMILES string of the molecule is CN(Cc1cccc(F)c1)C(=O)Nc1ccc([N+](=O)[O-])cc1Cl. The van der Waals surface area contributed by atoms with Gasteiger partial charge in [0.1, 0.15) is 5.82 Å². The number of carbonyl (C=O) groups is 1. The van der Waals surface area contributed by atoms with E-state index in [0.29, 0.717) is 5.56 Å². The quantitative estimate of drug-likeness (QED) is 0.675. The van der Waals surface area contributed by atoms with E-state index in [1.807, 2.05) is 0 Å². The van der Waals surface area contributed by atoms with E-state index in [2.05, 4.69) is 5.32 Å². The molecule has 0 bridgehead atoms. The van der Waals surface area contributed by atoms with Crippen LogP contribution in [0.1, 0.15) is 5.56 Å². The molecule has 0 unspecified atom stereocenters. The lowest BCUT2D eigenvalue weighted by atomic mass is 10.2. The van der Waals surface area contributed by atoms with Crippen molar-refractivity contribution in [1.82, 2.24) is 4.90 Å². The fourth-order valence-electron chi connectivity index (χ4n) is 1.91. The molecule has 2 amide bonds. The molecule has 0 aliphatic rings. The number of carbonyl (C=O) groups excluding carboxylic acids is 1. The maximum atomic E-state index is 13.1. The summed E-state index contributed by atoms with van der Waals surface area (Å²) in [5.41, 5.74) is 0.729. The van der Waals surface area contributed by atoms with Crippen LogP contribution in [0.25, 0.3) is 0 Å². The van der Waals surface area contributed by atoms with E-state index in [1.54, 1.807) is 19.2 Å². The molecule has 0 fully saturated rings. The number of rotatable bonds is 4. The molecule has 2 aromatic rings. The normalized spacial score (nSPS) is 10.2. The Labute approximate surface area is 136 Å². The van der Waals surface area contributed by atoms with Crippen LogP contribution < -0.4 is 5.32 Å². The summed E-state index contributed by atoms with van der Waals surface area (Å²) in [6.45, 7) is 0.203. The second kappa shape index (κ2) is 7.06. The fourth-order valence-corrected chi connectivity index (χ4v) is 2.13. The first-order valence-electron chi connectivity index (χ1n) is 6.57. The average molecular weight is 338 g/mol. The molecule has 0 aliphatic carbocycles. The van der Waals surface area contributed by atoms with Gasteiger partial charge in [0, 0.05) is 25.7 Å². The van der Waals surface area contributed by atoms with E-state index in [1.165, 1.54) is 29.2 Å². The molecule has 0 atom stereocenters. The molecule has 0 aliphatic heterocycles. The molecule has 0 spiro atoms. The minimum absolute atomic E-state index is 0.0618. The van der Waals surface area contributed by atoms with Gasteiger partial charge in [-0.2, -0.15) is 0 Å². The second-order valence-electron chi connectivity index (χ2n) is 4.84. The van der Waals surface area contributed by atoms with Gasteiger partial charge < -0.3 is 10.2 Å². The van der Waals surface area contributed by atoms with E-state index in [-0.39, 0.29) is 28.8 Å². The van der Waals surface area contributed by atoms with Crippen molar-refractivity contribution in [2.45, 2.75) is 6.54 Å². The molecular formula is C15H13ClFN3O3. The Bertz CT molecular complexity index is 754. The van der Waals surface area contributed by atoms with Crippen LogP contribution in [0.2, 0.25) is 5.02 Å².